The molecule has 38 valence electrons. The second-order valence-electron chi connectivity index (χ2n) is 2.79. The van der Waals surface area contributed by atoms with Crippen molar-refractivity contribution in [2.75, 3.05) is 0 Å². The van der Waals surface area contributed by atoms with Crippen molar-refractivity contribution in [2.24, 2.45) is 11.3 Å². The number of fused-ring (bicyclic) bond motifs is 1. The molecule has 0 aromatic rings. The van der Waals surface area contributed by atoms with Crippen LogP contribution in [0.5, 0.6) is 0 Å². The number of carbonyl (C=O) groups excluding carboxylic acids is 1. The van der Waals surface area contributed by atoms with E-state index in [2.05, 4.69) is 0 Å². The van der Waals surface area contributed by atoms with Crippen LogP contribution >= 0.6 is 0 Å². The normalized spacial score (nSPS) is 54.6. The zero-order valence-corrected chi connectivity index (χ0v) is 4.18. The van der Waals surface area contributed by atoms with Gasteiger partial charge in [0.25, 0.3) is 0 Å². The molecule has 0 radical (unpaired) electrons. The minimum atomic E-state index is 0.250. The lowest BCUT2D eigenvalue weighted by Crippen LogP contribution is -2.14. The summed E-state index contributed by atoms with van der Waals surface area (Å²) in [5, 5.41) is 0. The number of hydrogen-bond acceptors (Lipinski definition) is 1. The summed E-state index contributed by atoms with van der Waals surface area (Å²) in [4.78, 5) is 10.2. The topological polar surface area (TPSA) is 17.1 Å². The predicted molar refractivity (Wildman–Crippen MR) is 25.8 cm³/mol. The SMILES string of the molecule is O=CC12CCC1C2. The monoisotopic (exact) mass is 96.1 g/mol. The van der Waals surface area contributed by atoms with Crippen LogP contribution < -0.4 is 0 Å². The van der Waals surface area contributed by atoms with Gasteiger partial charge in [-0.3, -0.25) is 0 Å². The van der Waals surface area contributed by atoms with Crippen LogP contribution in [0.2, 0.25) is 0 Å². The second kappa shape index (κ2) is 0.770. The summed E-state index contributed by atoms with van der Waals surface area (Å²) in [6, 6.07) is 0. The molecule has 0 aliphatic heterocycles. The van der Waals surface area contributed by atoms with Crippen LogP contribution in [0.15, 0.2) is 0 Å². The Morgan fingerprint density at radius 1 is 1.71 bits per heavy atom. The number of rotatable bonds is 1. The average Bonchev–Trinajstić information content (AvgIpc) is 2.12. The largest absolute Gasteiger partial charge is 0.303 e. The van der Waals surface area contributed by atoms with Crippen LogP contribution in [-0.4, -0.2) is 6.29 Å². The lowest BCUT2D eigenvalue weighted by Gasteiger charge is -2.17. The van der Waals surface area contributed by atoms with Gasteiger partial charge in [0, 0.05) is 5.41 Å². The van der Waals surface area contributed by atoms with Gasteiger partial charge in [-0.25, -0.2) is 0 Å². The molecule has 0 bridgehead atoms. The molecule has 7 heavy (non-hydrogen) atoms. The Kier molecular flexibility index (Phi) is 0.401. The molecule has 2 aliphatic carbocycles. The minimum absolute atomic E-state index is 0.250. The first kappa shape index (κ1) is 3.65. The summed E-state index contributed by atoms with van der Waals surface area (Å²) < 4.78 is 0. The molecular formula is C6H8O. The zero-order chi connectivity index (χ0) is 4.91. The van der Waals surface area contributed by atoms with E-state index in [-0.39, 0.29) is 5.41 Å². The third kappa shape index (κ3) is 0.245. The summed E-state index contributed by atoms with van der Waals surface area (Å²) >= 11 is 0. The van der Waals surface area contributed by atoms with Crippen molar-refractivity contribution in [2.45, 2.75) is 19.3 Å². The number of aldehydes is 1. The van der Waals surface area contributed by atoms with Gasteiger partial charge in [0.2, 0.25) is 0 Å². The third-order valence-corrected chi connectivity index (χ3v) is 2.47. The predicted octanol–water partition coefficient (Wildman–Crippen LogP) is 0.985. The molecule has 1 nitrogen and oxygen atoms in total. The summed E-state index contributed by atoms with van der Waals surface area (Å²) in [6.45, 7) is 0. The molecule has 2 fully saturated rings. The Morgan fingerprint density at radius 2 is 2.57 bits per heavy atom. The van der Waals surface area contributed by atoms with Gasteiger partial charge in [0.05, 0.1) is 0 Å². The van der Waals surface area contributed by atoms with E-state index in [1.807, 2.05) is 0 Å². The van der Waals surface area contributed by atoms with Crippen LogP contribution in [0.4, 0.5) is 0 Å². The van der Waals surface area contributed by atoms with E-state index in [4.69, 9.17) is 0 Å². The van der Waals surface area contributed by atoms with E-state index in [1.165, 1.54) is 19.3 Å². The van der Waals surface area contributed by atoms with Crippen LogP contribution in [0.25, 0.3) is 0 Å². The highest BCUT2D eigenvalue weighted by atomic mass is 16.1. The standard InChI is InChI=1S/C6H8O/c7-4-6-2-1-5(6)3-6/h4-5H,1-3H2. The lowest BCUT2D eigenvalue weighted by atomic mass is 9.86. The summed E-state index contributed by atoms with van der Waals surface area (Å²) in [5.74, 6) is 0.824. The van der Waals surface area contributed by atoms with E-state index in [9.17, 15) is 4.79 Å². The van der Waals surface area contributed by atoms with Gasteiger partial charge in [-0.2, -0.15) is 0 Å². The third-order valence-electron chi connectivity index (χ3n) is 2.47. The van der Waals surface area contributed by atoms with Crippen molar-refractivity contribution in [1.29, 1.82) is 0 Å². The van der Waals surface area contributed by atoms with E-state index in [0.29, 0.717) is 0 Å². The Balaban J connectivity index is 2.19. The fraction of sp³-hybridized carbons (Fsp3) is 0.833. The molecule has 0 amide bonds. The molecule has 2 rings (SSSR count). The molecule has 0 aromatic carbocycles. The van der Waals surface area contributed by atoms with Crippen molar-refractivity contribution in [1.82, 2.24) is 0 Å². The Morgan fingerprint density at radius 3 is 2.57 bits per heavy atom. The van der Waals surface area contributed by atoms with Gasteiger partial charge in [-0.15, -0.1) is 0 Å². The molecule has 2 unspecified atom stereocenters. The highest BCUT2D eigenvalue weighted by molar-refractivity contribution is 5.66. The van der Waals surface area contributed by atoms with Crippen molar-refractivity contribution >= 4 is 6.29 Å². The minimum Gasteiger partial charge on any atom is -0.303 e. The first-order valence-corrected chi connectivity index (χ1v) is 2.84. The Hall–Kier alpha value is -0.330. The van der Waals surface area contributed by atoms with Gasteiger partial charge in [-0.1, -0.05) is 0 Å². The number of carbonyl (C=O) groups is 1. The van der Waals surface area contributed by atoms with Crippen molar-refractivity contribution in [3.63, 3.8) is 0 Å². The molecular weight excluding hydrogens is 88.1 g/mol. The van der Waals surface area contributed by atoms with Crippen LogP contribution in [0.3, 0.4) is 0 Å². The van der Waals surface area contributed by atoms with Crippen LogP contribution in [-0.2, 0) is 4.79 Å². The quantitative estimate of drug-likeness (QED) is 0.445. The van der Waals surface area contributed by atoms with Crippen molar-refractivity contribution in [3.05, 3.63) is 0 Å². The molecule has 2 aliphatic rings. The summed E-state index contributed by atoms with van der Waals surface area (Å²) in [5.41, 5.74) is 0.250. The Bertz CT molecular complexity index is 115. The average molecular weight is 96.1 g/mol. The molecule has 0 spiro atoms. The Labute approximate surface area is 42.7 Å². The highest BCUT2D eigenvalue weighted by Crippen LogP contribution is 2.65. The molecule has 1 heteroatoms. The maximum Gasteiger partial charge on any atom is 0.126 e. The first-order chi connectivity index (χ1) is 3.37. The molecule has 2 atom stereocenters. The van der Waals surface area contributed by atoms with Gasteiger partial charge < -0.3 is 4.79 Å². The molecule has 2 saturated carbocycles. The molecule has 0 N–H and O–H groups in total. The lowest BCUT2D eigenvalue weighted by molar-refractivity contribution is -0.114. The van der Waals surface area contributed by atoms with Crippen LogP contribution in [0.1, 0.15) is 19.3 Å². The van der Waals surface area contributed by atoms with E-state index < -0.39 is 0 Å². The zero-order valence-electron chi connectivity index (χ0n) is 4.18. The fourth-order valence-corrected chi connectivity index (χ4v) is 1.53. The summed E-state index contributed by atoms with van der Waals surface area (Å²) in [7, 11) is 0. The molecule has 0 aromatic heterocycles. The highest BCUT2D eigenvalue weighted by Gasteiger charge is 2.60. The summed E-state index contributed by atoms with van der Waals surface area (Å²) in [6.07, 6.45) is 4.86. The maximum absolute atomic E-state index is 10.2. The van der Waals surface area contributed by atoms with E-state index in [0.717, 1.165) is 12.2 Å². The first-order valence-electron chi connectivity index (χ1n) is 2.84. The van der Waals surface area contributed by atoms with Gasteiger partial charge in [0.1, 0.15) is 6.29 Å². The van der Waals surface area contributed by atoms with Crippen LogP contribution in [0, 0.1) is 11.3 Å². The van der Waals surface area contributed by atoms with Gasteiger partial charge in [0.15, 0.2) is 0 Å². The van der Waals surface area contributed by atoms with Crippen molar-refractivity contribution in [3.8, 4) is 0 Å². The molecule has 0 heterocycles. The van der Waals surface area contributed by atoms with Gasteiger partial charge in [-0.05, 0) is 25.2 Å². The molecule has 0 saturated heterocycles. The smallest absolute Gasteiger partial charge is 0.126 e. The fourth-order valence-electron chi connectivity index (χ4n) is 1.53. The van der Waals surface area contributed by atoms with Gasteiger partial charge >= 0.3 is 0 Å². The maximum atomic E-state index is 10.2. The van der Waals surface area contributed by atoms with E-state index >= 15 is 0 Å². The second-order valence-corrected chi connectivity index (χ2v) is 2.79. The van der Waals surface area contributed by atoms with Crippen molar-refractivity contribution < 1.29 is 4.79 Å². The van der Waals surface area contributed by atoms with E-state index in [1.54, 1.807) is 0 Å². The number of hydrogen-bond donors (Lipinski definition) is 0.